The van der Waals surface area contributed by atoms with E-state index in [9.17, 15) is 25.5 Å². The van der Waals surface area contributed by atoms with Crippen molar-refractivity contribution in [3.05, 3.63) is 24.3 Å². The van der Waals surface area contributed by atoms with Crippen LogP contribution in [0.2, 0.25) is 0 Å². The molecule has 1 heterocycles. The van der Waals surface area contributed by atoms with Gasteiger partial charge in [-0.3, -0.25) is 0 Å². The molecule has 0 aliphatic carbocycles. The van der Waals surface area contributed by atoms with E-state index in [-0.39, 0.29) is 6.61 Å². The third-order valence-electron chi connectivity index (χ3n) is 5.71. The Bertz CT molecular complexity index is 515. The Morgan fingerprint density at radius 2 is 1.50 bits per heavy atom. The van der Waals surface area contributed by atoms with Crippen LogP contribution in [0.4, 0.5) is 0 Å². The van der Waals surface area contributed by atoms with Crippen molar-refractivity contribution < 1.29 is 35.0 Å². The van der Waals surface area contributed by atoms with E-state index in [2.05, 4.69) is 19.1 Å². The third-order valence-corrected chi connectivity index (χ3v) is 5.71. The van der Waals surface area contributed by atoms with Crippen molar-refractivity contribution >= 4 is 0 Å². The molecule has 1 aliphatic heterocycles. The van der Waals surface area contributed by atoms with Gasteiger partial charge in [0.1, 0.15) is 24.4 Å². The normalized spacial score (nSPS) is 28.5. The largest absolute Gasteiger partial charge is 0.394 e. The van der Waals surface area contributed by atoms with Gasteiger partial charge in [-0.15, -0.1) is 0 Å². The number of hydrogen-bond donors (Lipinski definition) is 6. The summed E-state index contributed by atoms with van der Waals surface area (Å²) in [6.07, 6.45) is 12.2. The molecule has 0 saturated carbocycles. The zero-order valence-electron chi connectivity index (χ0n) is 19.5. The van der Waals surface area contributed by atoms with E-state index in [4.69, 9.17) is 15.2 Å². The number of nitrogens with two attached hydrogens (primary N) is 1. The first-order valence-electron chi connectivity index (χ1n) is 12.1. The predicted octanol–water partition coefficient (Wildman–Crippen LogP) is 1.52. The van der Waals surface area contributed by atoms with Gasteiger partial charge < -0.3 is 40.7 Å². The van der Waals surface area contributed by atoms with Crippen LogP contribution in [0, 0.1) is 0 Å². The molecular formula is C24H45NO7. The lowest BCUT2D eigenvalue weighted by molar-refractivity contribution is -0.302. The Morgan fingerprint density at radius 1 is 0.875 bits per heavy atom. The molecule has 0 amide bonds. The fraction of sp³-hybridized carbons (Fsp3) is 0.833. The first-order chi connectivity index (χ1) is 15.4. The lowest BCUT2D eigenvalue weighted by Gasteiger charge is -2.39. The fourth-order valence-electron chi connectivity index (χ4n) is 3.54. The standard InChI is InChI=1S/C24H45NO7/c1-2-3-4-5-6-7-8-9-10-11-12-13-14-15-19(27)18(25)17-31-24-23(30)22(29)21(28)20(16-26)32-24/h10-11,14-15,18-24,26-30H,2-9,12-13,16-17,25H2,1H3/t18-,19+,20+,21+,22-,23+,24+/m0/s1. The van der Waals surface area contributed by atoms with E-state index in [0.29, 0.717) is 0 Å². The van der Waals surface area contributed by atoms with Crippen molar-refractivity contribution in [1.29, 1.82) is 0 Å². The van der Waals surface area contributed by atoms with Crippen molar-refractivity contribution in [2.75, 3.05) is 13.2 Å². The maximum atomic E-state index is 10.1. The molecule has 0 radical (unpaired) electrons. The SMILES string of the molecule is CCCCCCCCCC=CCCC=C[C@@H](O)[C@@H](N)CO[C@@H]1O[C@H](CO)[C@@H](O)[C@H](O)[C@H]1O. The second kappa shape index (κ2) is 17.6. The minimum Gasteiger partial charge on any atom is -0.394 e. The number of aliphatic hydroxyl groups excluding tert-OH is 5. The van der Waals surface area contributed by atoms with E-state index < -0.39 is 49.5 Å². The van der Waals surface area contributed by atoms with Crippen molar-refractivity contribution in [3.63, 3.8) is 0 Å². The summed E-state index contributed by atoms with van der Waals surface area (Å²) in [4.78, 5) is 0. The molecule has 188 valence electrons. The molecule has 0 aromatic heterocycles. The van der Waals surface area contributed by atoms with Gasteiger partial charge in [0.25, 0.3) is 0 Å². The first kappa shape index (κ1) is 29.2. The average molecular weight is 460 g/mol. The van der Waals surface area contributed by atoms with Gasteiger partial charge in [-0.25, -0.2) is 0 Å². The van der Waals surface area contributed by atoms with Gasteiger partial charge in [0.2, 0.25) is 0 Å². The van der Waals surface area contributed by atoms with E-state index in [1.807, 2.05) is 6.08 Å². The van der Waals surface area contributed by atoms with Crippen molar-refractivity contribution in [3.8, 4) is 0 Å². The van der Waals surface area contributed by atoms with Gasteiger partial charge in [0.05, 0.1) is 25.4 Å². The van der Waals surface area contributed by atoms with E-state index in [1.165, 1.54) is 44.9 Å². The van der Waals surface area contributed by atoms with Gasteiger partial charge in [0, 0.05) is 0 Å². The van der Waals surface area contributed by atoms with Gasteiger partial charge >= 0.3 is 0 Å². The van der Waals surface area contributed by atoms with E-state index >= 15 is 0 Å². The molecule has 1 rings (SSSR count). The predicted molar refractivity (Wildman–Crippen MR) is 124 cm³/mol. The smallest absolute Gasteiger partial charge is 0.186 e. The number of hydrogen-bond acceptors (Lipinski definition) is 8. The molecule has 1 fully saturated rings. The minimum atomic E-state index is -1.51. The summed E-state index contributed by atoms with van der Waals surface area (Å²) in [6.45, 7) is 1.57. The molecule has 0 unspecified atom stereocenters. The molecule has 32 heavy (non-hydrogen) atoms. The molecular weight excluding hydrogens is 414 g/mol. The van der Waals surface area contributed by atoms with Crippen LogP contribution in [0.25, 0.3) is 0 Å². The molecule has 8 nitrogen and oxygen atoms in total. The number of aliphatic hydroxyl groups is 5. The molecule has 1 saturated heterocycles. The summed E-state index contributed by atoms with van der Waals surface area (Å²) < 4.78 is 10.6. The quantitative estimate of drug-likeness (QED) is 0.142. The maximum absolute atomic E-state index is 10.1. The number of ether oxygens (including phenoxy) is 2. The summed E-state index contributed by atoms with van der Waals surface area (Å²) in [5, 5.41) is 48.8. The second-order valence-corrected chi connectivity index (χ2v) is 8.57. The van der Waals surface area contributed by atoms with Gasteiger partial charge in [-0.2, -0.15) is 0 Å². The van der Waals surface area contributed by atoms with Crippen LogP contribution in [0.5, 0.6) is 0 Å². The van der Waals surface area contributed by atoms with E-state index in [0.717, 1.165) is 19.3 Å². The Morgan fingerprint density at radius 3 is 2.19 bits per heavy atom. The van der Waals surface area contributed by atoms with Crippen molar-refractivity contribution in [2.24, 2.45) is 5.73 Å². The molecule has 8 heteroatoms. The van der Waals surface area contributed by atoms with Crippen LogP contribution in [0.3, 0.4) is 0 Å². The van der Waals surface area contributed by atoms with E-state index in [1.54, 1.807) is 6.08 Å². The Balaban J connectivity index is 2.16. The highest BCUT2D eigenvalue weighted by atomic mass is 16.7. The summed E-state index contributed by atoms with van der Waals surface area (Å²) in [6, 6.07) is -0.758. The summed E-state index contributed by atoms with van der Waals surface area (Å²) in [5.74, 6) is 0. The maximum Gasteiger partial charge on any atom is 0.186 e. The highest BCUT2D eigenvalue weighted by Crippen LogP contribution is 2.22. The van der Waals surface area contributed by atoms with Crippen molar-refractivity contribution in [2.45, 2.75) is 114 Å². The molecule has 7 N–H and O–H groups in total. The summed E-state index contributed by atoms with van der Waals surface area (Å²) >= 11 is 0. The highest BCUT2D eigenvalue weighted by molar-refractivity contribution is 4.96. The van der Waals surface area contributed by atoms with Crippen LogP contribution in [0.1, 0.15) is 71.1 Å². The first-order valence-corrected chi connectivity index (χ1v) is 12.1. The monoisotopic (exact) mass is 459 g/mol. The summed E-state index contributed by atoms with van der Waals surface area (Å²) in [7, 11) is 0. The van der Waals surface area contributed by atoms with Gasteiger partial charge in [0.15, 0.2) is 6.29 Å². The number of rotatable bonds is 17. The average Bonchev–Trinajstić information content (AvgIpc) is 2.79. The van der Waals surface area contributed by atoms with Crippen LogP contribution in [0.15, 0.2) is 24.3 Å². The lowest BCUT2D eigenvalue weighted by Crippen LogP contribution is -2.59. The Hall–Kier alpha value is -0.840. The number of allylic oxidation sites excluding steroid dienone is 3. The summed E-state index contributed by atoms with van der Waals surface area (Å²) in [5.41, 5.74) is 5.92. The molecule has 7 atom stereocenters. The lowest BCUT2D eigenvalue weighted by atomic mass is 9.99. The van der Waals surface area contributed by atoms with Gasteiger partial charge in [-0.05, 0) is 25.7 Å². The zero-order valence-corrected chi connectivity index (χ0v) is 19.5. The molecule has 0 spiro atoms. The van der Waals surface area contributed by atoms with Gasteiger partial charge in [-0.1, -0.05) is 69.8 Å². The zero-order chi connectivity index (χ0) is 23.8. The molecule has 0 bridgehead atoms. The van der Waals surface area contributed by atoms with Crippen LogP contribution in [-0.2, 0) is 9.47 Å². The number of unbranched alkanes of at least 4 members (excludes halogenated alkanes) is 8. The Kier molecular flexibility index (Phi) is 16.1. The highest BCUT2D eigenvalue weighted by Gasteiger charge is 2.44. The third kappa shape index (κ3) is 11.3. The molecule has 0 aromatic carbocycles. The molecule has 1 aliphatic rings. The second-order valence-electron chi connectivity index (χ2n) is 8.57. The van der Waals surface area contributed by atoms with Crippen molar-refractivity contribution in [1.82, 2.24) is 0 Å². The topological polar surface area (TPSA) is 146 Å². The fourth-order valence-corrected chi connectivity index (χ4v) is 3.54. The Labute approximate surface area is 192 Å². The van der Waals surface area contributed by atoms with Crippen LogP contribution in [-0.4, -0.2) is 81.6 Å². The minimum absolute atomic E-state index is 0.132. The molecule has 0 aromatic rings. The van der Waals surface area contributed by atoms with Crippen LogP contribution >= 0.6 is 0 Å². The van der Waals surface area contributed by atoms with Crippen LogP contribution < -0.4 is 5.73 Å².